The zero-order valence-corrected chi connectivity index (χ0v) is 37.6. The van der Waals surface area contributed by atoms with Crippen LogP contribution in [0.4, 0.5) is 0 Å². The van der Waals surface area contributed by atoms with Crippen LogP contribution in [0.5, 0.6) is 0 Å². The van der Waals surface area contributed by atoms with Gasteiger partial charge in [-0.05, 0) is 147 Å². The molecule has 21 rings (SSSR count). The summed E-state index contributed by atoms with van der Waals surface area (Å²) in [6, 6.07) is 2.17. The van der Waals surface area contributed by atoms with Gasteiger partial charge in [0.25, 0.3) is 0 Å². The topological polar surface area (TPSA) is 205 Å². The molecule has 16 unspecified atom stereocenters. The van der Waals surface area contributed by atoms with Gasteiger partial charge in [0.1, 0.15) is 39.3 Å². The van der Waals surface area contributed by atoms with Gasteiger partial charge in [0.05, 0.1) is 12.0 Å². The van der Waals surface area contributed by atoms with Crippen molar-refractivity contribution in [3.05, 3.63) is 224 Å². The third-order valence-electron chi connectivity index (χ3n) is 22.5. The molecule has 16 atom stereocenters. The molecule has 20 aliphatic rings. The number of hydrogen-bond acceptors (Lipinski definition) is 8. The smallest absolute Gasteiger partial charge is 0.318 e. The second kappa shape index (κ2) is 9.80. The average molecular weight is 945 g/mol. The quantitative estimate of drug-likeness (QED) is 0.190. The summed E-state index contributed by atoms with van der Waals surface area (Å²) < 4.78 is 7.17. The molecule has 0 radical (unpaired) electrons. The van der Waals surface area contributed by atoms with E-state index in [4.69, 9.17) is 4.74 Å². The Balaban J connectivity index is 1.03. The first-order chi connectivity index (χ1) is 34.7. The number of ether oxygens (including phenoxy) is 1. The van der Waals surface area contributed by atoms with E-state index in [1.54, 1.807) is 18.2 Å². The highest BCUT2D eigenvalue weighted by Gasteiger charge is 2.84. The summed E-state index contributed by atoms with van der Waals surface area (Å²) in [6.45, 7) is 0. The fourth-order valence-corrected chi connectivity index (χ4v) is 20.9. The number of carboxylic acid groups (broad SMARTS) is 3. The molecule has 2 saturated carbocycles. The van der Waals surface area contributed by atoms with Crippen molar-refractivity contribution in [3.8, 4) is 0 Å². The predicted molar refractivity (Wildman–Crippen MR) is 250 cm³/mol. The zero-order valence-electron chi connectivity index (χ0n) is 37.6. The monoisotopic (exact) mass is 944 g/mol. The maximum Gasteiger partial charge on any atom is 0.318 e. The molecule has 1 heterocycles. The number of hydrogen-bond donors (Lipinski definition) is 7. The van der Waals surface area contributed by atoms with Crippen LogP contribution in [0.3, 0.4) is 0 Å². The van der Waals surface area contributed by atoms with E-state index in [2.05, 4.69) is 12.1 Å². The van der Waals surface area contributed by atoms with E-state index < -0.39 is 111 Å². The molecule has 1 aromatic rings. The molecule has 1 aliphatic heterocycles. The summed E-state index contributed by atoms with van der Waals surface area (Å²) in [7, 11) is 0. The number of carbonyl (C=O) groups is 3. The molecule has 72 heavy (non-hydrogen) atoms. The summed E-state index contributed by atoms with van der Waals surface area (Å²) in [4.78, 5) is 42.9. The van der Waals surface area contributed by atoms with Crippen molar-refractivity contribution in [1.29, 1.82) is 0 Å². The first-order valence-electron chi connectivity index (χ1n) is 25.4. The summed E-state index contributed by atoms with van der Waals surface area (Å²) >= 11 is 0. The van der Waals surface area contributed by atoms with Crippen LogP contribution in [0.25, 0.3) is 6.08 Å². The predicted octanol–water partition coefficient (Wildman–Crippen LogP) is 5.43. The first-order valence-corrected chi connectivity index (χ1v) is 25.4. The van der Waals surface area contributed by atoms with Crippen LogP contribution >= 0.6 is 0 Å². The lowest BCUT2D eigenvalue weighted by molar-refractivity contribution is -0.145. The van der Waals surface area contributed by atoms with Gasteiger partial charge >= 0.3 is 17.9 Å². The lowest BCUT2D eigenvalue weighted by Crippen LogP contribution is -2.67. The molecular weight excluding hydrogens is 909 g/mol. The van der Waals surface area contributed by atoms with Crippen LogP contribution in [0.2, 0.25) is 0 Å². The Bertz CT molecular complexity index is 4130. The minimum atomic E-state index is -1.94. The highest BCUT2D eigenvalue weighted by molar-refractivity contribution is 5.99. The van der Waals surface area contributed by atoms with Crippen molar-refractivity contribution in [1.82, 2.24) is 0 Å². The summed E-state index contributed by atoms with van der Waals surface area (Å²) in [5.41, 5.74) is 8.25. The second-order valence-electron chi connectivity index (χ2n) is 24.3. The number of carboxylic acids is 3. The molecule has 11 heteroatoms. The second-order valence-corrected chi connectivity index (χ2v) is 24.3. The van der Waals surface area contributed by atoms with Crippen molar-refractivity contribution in [3.63, 3.8) is 0 Å². The molecule has 0 aromatic heterocycles. The molecule has 346 valence electrons. The van der Waals surface area contributed by atoms with E-state index in [0.29, 0.717) is 78.9 Å². The summed E-state index contributed by atoms with van der Waals surface area (Å²) in [6.07, 6.45) is 24.4. The standard InChI is InChI=1S/C61H36O11/c62-29-14-27-35-38-36-26(52(27)63)13-25-34(53(64)65)28-4-2-7-58-17-23-9-18-5-8-57(55(68)69)16-22-11-21-15-56(54(66)67)6-1-3-19-10-20-12-24(29)45(35)59(70)44(20)40(43(19)56)30(21)39-31(22)41-46(57)32(18)47-33(23)51(61(28,58)72-58)37(25)48(36)60(47,71)50(41)42(38)49(39)59/h1-14,16,25,29-30,34,39,44,46,50-52,62-63,70-71H,15,17H2,(H,64,65)(H,66,67)(H,68,69). The van der Waals surface area contributed by atoms with Gasteiger partial charge in [0.15, 0.2) is 0 Å². The number of rotatable bonds is 3. The van der Waals surface area contributed by atoms with E-state index in [0.717, 1.165) is 66.8 Å². The van der Waals surface area contributed by atoms with Crippen molar-refractivity contribution < 1.29 is 54.9 Å². The normalized spacial score (nSPS) is 47.6. The van der Waals surface area contributed by atoms with E-state index in [-0.39, 0.29) is 6.42 Å². The van der Waals surface area contributed by atoms with Crippen LogP contribution in [0, 0.1) is 46.3 Å². The SMILES string of the molecule is O=C(O)C1C2=CC=CC34Cc5cc6c7c8c5C(C5=C9C%10=C%11C%12=C%13C(=CC%14=CC%15=CC=CC%16(C(=O)O)CC%17=CC%18=CC(C(=O)O)(C=C6)C7C6=C%18C7C(=C%11C6C98O)C%13(O)C%14C(=C%15%16)C%177)C(O)C=C%12C(O)C%10=CC51)C23O4. The Hall–Kier alpha value is -6.99. The third-order valence-corrected chi connectivity index (χ3v) is 22.5. The van der Waals surface area contributed by atoms with E-state index in [9.17, 15) is 45.0 Å². The largest absolute Gasteiger partial charge is 0.481 e. The Morgan fingerprint density at radius 3 is 2.35 bits per heavy atom. The Morgan fingerprint density at radius 2 is 1.53 bits per heavy atom. The van der Waals surface area contributed by atoms with Gasteiger partial charge in [-0.1, -0.05) is 84.6 Å². The van der Waals surface area contributed by atoms with Gasteiger partial charge in [0, 0.05) is 53.4 Å². The fraction of sp³-hybridized carbons (Fsp3) is 0.295. The van der Waals surface area contributed by atoms with Crippen LogP contribution < -0.4 is 0 Å². The summed E-state index contributed by atoms with van der Waals surface area (Å²) in [5, 5.41) is 91.2. The van der Waals surface area contributed by atoms with Gasteiger partial charge in [-0.15, -0.1) is 0 Å². The molecule has 3 fully saturated rings. The molecule has 0 amide bonds. The van der Waals surface area contributed by atoms with Gasteiger partial charge in [-0.3, -0.25) is 14.4 Å². The van der Waals surface area contributed by atoms with Crippen molar-refractivity contribution in [2.45, 2.75) is 59.3 Å². The van der Waals surface area contributed by atoms with E-state index in [1.807, 2.05) is 60.8 Å². The lowest BCUT2D eigenvalue weighted by Gasteiger charge is -2.70. The van der Waals surface area contributed by atoms with Crippen LogP contribution in [-0.2, 0) is 31.1 Å². The number of benzene rings is 1. The molecule has 11 nitrogen and oxygen atoms in total. The molecular formula is C61H36O11. The number of allylic oxidation sites excluding steroid dienone is 13. The van der Waals surface area contributed by atoms with Crippen molar-refractivity contribution >= 4 is 24.0 Å². The Morgan fingerprint density at radius 1 is 0.694 bits per heavy atom. The van der Waals surface area contributed by atoms with Crippen LogP contribution in [-0.4, -0.2) is 82.7 Å². The van der Waals surface area contributed by atoms with E-state index in [1.165, 1.54) is 0 Å². The van der Waals surface area contributed by atoms with Gasteiger partial charge in [0.2, 0.25) is 0 Å². The first kappa shape index (κ1) is 36.9. The van der Waals surface area contributed by atoms with Gasteiger partial charge in [-0.25, -0.2) is 0 Å². The third kappa shape index (κ3) is 2.90. The molecule has 1 saturated heterocycles. The highest BCUT2D eigenvalue weighted by Crippen LogP contribution is 2.85. The number of aliphatic carboxylic acids is 3. The van der Waals surface area contributed by atoms with Crippen LogP contribution in [0.15, 0.2) is 197 Å². The Kier molecular flexibility index (Phi) is 5.02. The van der Waals surface area contributed by atoms with Crippen molar-refractivity contribution in [2.24, 2.45) is 46.3 Å². The van der Waals surface area contributed by atoms with E-state index >= 15 is 5.11 Å². The highest BCUT2D eigenvalue weighted by atomic mass is 16.6. The Labute approximate surface area is 407 Å². The lowest BCUT2D eigenvalue weighted by atomic mass is 9.33. The number of aliphatic hydroxyl groups is 4. The molecule has 0 bridgehead atoms. The average Bonchev–Trinajstić information content (AvgIpc) is 4.06. The zero-order chi connectivity index (χ0) is 47.7. The molecule has 1 aromatic carbocycles. The summed E-state index contributed by atoms with van der Waals surface area (Å²) in [5.74, 6) is -9.23. The maximum absolute atomic E-state index is 15.4. The fourth-order valence-electron chi connectivity index (χ4n) is 20.9. The van der Waals surface area contributed by atoms with Crippen molar-refractivity contribution in [2.75, 3.05) is 0 Å². The maximum atomic E-state index is 15.4. The molecule has 7 N–H and O–H groups in total. The van der Waals surface area contributed by atoms with Gasteiger partial charge in [-0.2, -0.15) is 0 Å². The number of aliphatic hydroxyl groups excluding tert-OH is 2. The minimum Gasteiger partial charge on any atom is -0.481 e. The number of epoxide rings is 1. The molecule has 1 spiro atoms. The van der Waals surface area contributed by atoms with Gasteiger partial charge < -0.3 is 40.5 Å². The minimum absolute atomic E-state index is 0.132. The van der Waals surface area contributed by atoms with Crippen LogP contribution in [0.1, 0.15) is 46.1 Å². The molecule has 19 aliphatic carbocycles.